The Labute approximate surface area is 258 Å². The average Bonchev–Trinajstić information content (AvgIpc) is 3.01. The molecule has 0 aromatic heterocycles. The van der Waals surface area contributed by atoms with E-state index in [9.17, 15) is 32.3 Å². The van der Waals surface area contributed by atoms with Gasteiger partial charge in [0.1, 0.15) is 18.8 Å². The van der Waals surface area contributed by atoms with Gasteiger partial charge in [0.25, 0.3) is 0 Å². The van der Waals surface area contributed by atoms with Crippen molar-refractivity contribution in [2.24, 2.45) is 0 Å². The molecule has 3 aromatic rings. The zero-order valence-electron chi connectivity index (χ0n) is 24.6. The van der Waals surface area contributed by atoms with Gasteiger partial charge in [-0.3, -0.25) is 19.3 Å². The fourth-order valence-corrected chi connectivity index (χ4v) is 5.72. The number of benzene rings is 3. The van der Waals surface area contributed by atoms with Crippen LogP contribution < -0.4 is 5.32 Å². The zero-order chi connectivity index (χ0) is 32.1. The van der Waals surface area contributed by atoms with Crippen LogP contribution in [-0.4, -0.2) is 63.8 Å². The van der Waals surface area contributed by atoms with Crippen LogP contribution in [0.15, 0.2) is 78.9 Å². The van der Waals surface area contributed by atoms with E-state index in [-0.39, 0.29) is 50.5 Å². The molecule has 236 valence electrons. The lowest BCUT2D eigenvalue weighted by Crippen LogP contribution is -2.71. The van der Waals surface area contributed by atoms with Gasteiger partial charge in [0.15, 0.2) is 0 Å². The summed E-state index contributed by atoms with van der Waals surface area (Å²) in [4.78, 5) is 57.6. The third kappa shape index (κ3) is 7.62. The molecule has 0 saturated carbocycles. The monoisotopic (exact) mass is 622 g/mol. The van der Waals surface area contributed by atoms with Crippen LogP contribution in [-0.2, 0) is 45.0 Å². The van der Waals surface area contributed by atoms with Crippen LogP contribution in [0.5, 0.6) is 0 Å². The van der Waals surface area contributed by atoms with Crippen LogP contribution >= 0.6 is 0 Å². The molecule has 9 nitrogen and oxygen atoms in total. The van der Waals surface area contributed by atoms with Crippen LogP contribution in [0.3, 0.4) is 0 Å². The van der Waals surface area contributed by atoms with Crippen LogP contribution in [0.1, 0.15) is 40.7 Å². The Kier molecular flexibility index (Phi) is 9.40. The number of alkyl halides is 3. The summed E-state index contributed by atoms with van der Waals surface area (Å²) in [6.07, 6.45) is -6.75. The number of hydrogen-bond acceptors (Lipinski definition) is 5. The van der Waals surface area contributed by atoms with Crippen LogP contribution in [0.4, 0.5) is 18.0 Å². The van der Waals surface area contributed by atoms with Crippen molar-refractivity contribution in [2.45, 2.75) is 57.8 Å². The molecular formula is C33H33F3N4O5. The van der Waals surface area contributed by atoms with Crippen molar-refractivity contribution in [2.75, 3.05) is 13.1 Å². The van der Waals surface area contributed by atoms with Crippen molar-refractivity contribution in [3.8, 4) is 0 Å². The summed E-state index contributed by atoms with van der Waals surface area (Å²) in [5, 5.41) is 2.80. The Morgan fingerprint density at radius 3 is 2.27 bits per heavy atom. The van der Waals surface area contributed by atoms with E-state index >= 15 is 0 Å². The topological polar surface area (TPSA) is 99.3 Å². The Bertz CT molecular complexity index is 1550. The minimum Gasteiger partial charge on any atom is -0.444 e. The van der Waals surface area contributed by atoms with Crippen molar-refractivity contribution in [1.82, 2.24) is 20.0 Å². The molecule has 0 unspecified atom stereocenters. The first kappa shape index (κ1) is 31.6. The van der Waals surface area contributed by atoms with Crippen LogP contribution in [0, 0.1) is 6.92 Å². The largest absolute Gasteiger partial charge is 0.444 e. The number of amides is 4. The van der Waals surface area contributed by atoms with Gasteiger partial charge in [-0.05, 0) is 35.7 Å². The van der Waals surface area contributed by atoms with Crippen LogP contribution in [0.25, 0.3) is 0 Å². The molecule has 1 N–H and O–H groups in total. The highest BCUT2D eigenvalue weighted by molar-refractivity contribution is 5.94. The molecule has 2 heterocycles. The van der Waals surface area contributed by atoms with Gasteiger partial charge in [-0.2, -0.15) is 13.2 Å². The SMILES string of the molecule is Cc1cc(COC(=O)N2CCC(=O)N3[C@@H]2CN(Cc2ccccc2)C(=O)[C@@H]3CC(=O)NCc2ccccc2)cc(C(F)(F)F)c1. The molecule has 0 bridgehead atoms. The van der Waals surface area contributed by atoms with E-state index in [1.54, 1.807) is 0 Å². The fraction of sp³-hybridized carbons (Fsp3) is 0.333. The molecule has 5 rings (SSSR count). The summed E-state index contributed by atoms with van der Waals surface area (Å²) in [7, 11) is 0. The number of piperazine rings is 1. The molecule has 4 amide bonds. The van der Waals surface area contributed by atoms with Gasteiger partial charge in [0, 0.05) is 26.1 Å². The van der Waals surface area contributed by atoms with Crippen molar-refractivity contribution < 1.29 is 37.1 Å². The maximum atomic E-state index is 13.8. The number of halogens is 3. The summed E-state index contributed by atoms with van der Waals surface area (Å²) in [5.74, 6) is -1.25. The van der Waals surface area contributed by atoms with Gasteiger partial charge in [-0.1, -0.05) is 72.3 Å². The Balaban J connectivity index is 1.36. The Hall–Kier alpha value is -4.87. The first-order valence-electron chi connectivity index (χ1n) is 14.6. The summed E-state index contributed by atoms with van der Waals surface area (Å²) >= 11 is 0. The molecule has 3 aromatic carbocycles. The summed E-state index contributed by atoms with van der Waals surface area (Å²) in [6.45, 7) is 1.48. The maximum absolute atomic E-state index is 13.8. The molecule has 45 heavy (non-hydrogen) atoms. The van der Waals surface area contributed by atoms with E-state index in [1.807, 2.05) is 60.7 Å². The third-order valence-corrected chi connectivity index (χ3v) is 7.84. The predicted octanol–water partition coefficient (Wildman–Crippen LogP) is 4.63. The number of carbonyl (C=O) groups excluding carboxylic acids is 4. The van der Waals surface area contributed by atoms with E-state index < -0.39 is 48.5 Å². The Morgan fingerprint density at radius 2 is 1.60 bits per heavy atom. The molecule has 2 fully saturated rings. The fourth-order valence-electron chi connectivity index (χ4n) is 5.72. The van der Waals surface area contributed by atoms with E-state index in [0.29, 0.717) is 5.56 Å². The zero-order valence-corrected chi connectivity index (χ0v) is 24.6. The average molecular weight is 623 g/mol. The number of carbonyl (C=O) groups is 4. The third-order valence-electron chi connectivity index (χ3n) is 7.84. The highest BCUT2D eigenvalue weighted by atomic mass is 19.4. The molecular weight excluding hydrogens is 589 g/mol. The van der Waals surface area contributed by atoms with E-state index in [4.69, 9.17) is 4.74 Å². The van der Waals surface area contributed by atoms with Gasteiger partial charge >= 0.3 is 12.3 Å². The number of fused-ring (bicyclic) bond motifs is 1. The molecule has 0 spiro atoms. The minimum absolute atomic E-state index is 0.0132. The first-order valence-corrected chi connectivity index (χ1v) is 14.6. The second kappa shape index (κ2) is 13.4. The predicted molar refractivity (Wildman–Crippen MR) is 157 cm³/mol. The lowest BCUT2D eigenvalue weighted by Gasteiger charge is -2.51. The number of aryl methyl sites for hydroxylation is 1. The quantitative estimate of drug-likeness (QED) is 0.395. The van der Waals surface area contributed by atoms with Gasteiger partial charge < -0.3 is 19.9 Å². The normalized spacial score (nSPS) is 18.4. The number of ether oxygens (including phenoxy) is 1. The molecule has 0 radical (unpaired) electrons. The van der Waals surface area contributed by atoms with Crippen molar-refractivity contribution in [3.05, 3.63) is 107 Å². The maximum Gasteiger partial charge on any atom is 0.416 e. The van der Waals surface area contributed by atoms with Crippen LogP contribution in [0.2, 0.25) is 0 Å². The molecule has 0 aliphatic carbocycles. The second-order valence-electron chi connectivity index (χ2n) is 11.2. The summed E-state index contributed by atoms with van der Waals surface area (Å²) in [5.41, 5.74) is 1.37. The minimum atomic E-state index is -4.56. The van der Waals surface area contributed by atoms with Gasteiger partial charge in [0.05, 0.1) is 18.5 Å². The molecule has 2 saturated heterocycles. The highest BCUT2D eigenvalue weighted by Gasteiger charge is 2.49. The lowest BCUT2D eigenvalue weighted by atomic mass is 10.0. The summed E-state index contributed by atoms with van der Waals surface area (Å²) < 4.78 is 45.5. The van der Waals surface area contributed by atoms with Crippen molar-refractivity contribution >= 4 is 23.8 Å². The van der Waals surface area contributed by atoms with Gasteiger partial charge in [0.2, 0.25) is 17.7 Å². The number of nitrogens with one attached hydrogen (secondary N) is 1. The van der Waals surface area contributed by atoms with E-state index in [1.165, 1.54) is 27.7 Å². The van der Waals surface area contributed by atoms with Crippen molar-refractivity contribution in [1.29, 1.82) is 0 Å². The lowest BCUT2D eigenvalue weighted by molar-refractivity contribution is -0.169. The standard InChI is InChI=1S/C33H33F3N4O5/c1-22-14-25(16-26(15-22)33(34,35)36)21-45-32(44)39-13-12-30(42)40-27(17-28(41)37-18-23-8-4-2-5-9-23)31(43)38(20-29(39)40)19-24-10-6-3-7-11-24/h2-11,14-16,27,29H,12-13,17-21H2,1H3,(H,37,41)/t27-,29+/m0/s1. The van der Waals surface area contributed by atoms with E-state index in [0.717, 1.165) is 23.3 Å². The number of hydrogen-bond donors (Lipinski definition) is 1. The second-order valence-corrected chi connectivity index (χ2v) is 11.2. The molecule has 2 atom stereocenters. The van der Waals surface area contributed by atoms with E-state index in [2.05, 4.69) is 5.32 Å². The Morgan fingerprint density at radius 1 is 0.933 bits per heavy atom. The smallest absolute Gasteiger partial charge is 0.416 e. The van der Waals surface area contributed by atoms with Gasteiger partial charge in [-0.15, -0.1) is 0 Å². The number of nitrogens with zero attached hydrogens (tertiary/aromatic N) is 3. The summed E-state index contributed by atoms with van der Waals surface area (Å²) in [6, 6.07) is 20.7. The molecule has 2 aliphatic heterocycles. The first-order chi connectivity index (χ1) is 21.5. The van der Waals surface area contributed by atoms with Gasteiger partial charge in [-0.25, -0.2) is 4.79 Å². The number of rotatable bonds is 8. The molecule has 2 aliphatic rings. The van der Waals surface area contributed by atoms with Crippen molar-refractivity contribution in [3.63, 3.8) is 0 Å². The molecule has 12 heteroatoms. The highest BCUT2D eigenvalue weighted by Crippen LogP contribution is 2.32.